The van der Waals surface area contributed by atoms with E-state index in [4.69, 9.17) is 0 Å². The third kappa shape index (κ3) is 2.16. The second kappa shape index (κ2) is 4.91. The lowest BCUT2D eigenvalue weighted by molar-refractivity contribution is 0.0726. The molecule has 94 valence electrons. The van der Waals surface area contributed by atoms with Crippen molar-refractivity contribution in [3.63, 3.8) is 0 Å². The van der Waals surface area contributed by atoms with E-state index in [2.05, 4.69) is 0 Å². The molecule has 0 heterocycles. The van der Waals surface area contributed by atoms with E-state index in [0.29, 0.717) is 12.0 Å². The van der Waals surface area contributed by atoms with Crippen molar-refractivity contribution in [2.24, 2.45) is 0 Å². The summed E-state index contributed by atoms with van der Waals surface area (Å²) < 4.78 is 13.9. The zero-order chi connectivity index (χ0) is 13.2. The van der Waals surface area contributed by atoms with Gasteiger partial charge in [0.25, 0.3) is 0 Å². The lowest BCUT2D eigenvalue weighted by Crippen LogP contribution is -2.27. The molecular weight excluding hydrogens is 227 g/mol. The van der Waals surface area contributed by atoms with Crippen LogP contribution in [0.2, 0.25) is 0 Å². The summed E-state index contributed by atoms with van der Waals surface area (Å²) in [7, 11) is 0. The van der Waals surface area contributed by atoms with Crippen molar-refractivity contribution in [2.75, 3.05) is 0 Å². The van der Waals surface area contributed by atoms with Crippen LogP contribution in [0, 0.1) is 12.7 Å². The van der Waals surface area contributed by atoms with Crippen LogP contribution in [0.1, 0.15) is 30.0 Å². The normalized spacial score (nSPS) is 14.2. The number of hydrogen-bond donors (Lipinski definition) is 1. The topological polar surface area (TPSA) is 20.2 Å². The predicted octanol–water partition coefficient (Wildman–Crippen LogP) is 3.78. The molecule has 0 saturated heterocycles. The van der Waals surface area contributed by atoms with Gasteiger partial charge in [-0.25, -0.2) is 4.39 Å². The lowest BCUT2D eigenvalue weighted by atomic mass is 9.83. The van der Waals surface area contributed by atoms with Crippen molar-refractivity contribution in [2.45, 2.75) is 25.9 Å². The highest BCUT2D eigenvalue weighted by molar-refractivity contribution is 5.37. The Bertz CT molecular complexity index is 533. The van der Waals surface area contributed by atoms with E-state index in [0.717, 1.165) is 11.1 Å². The van der Waals surface area contributed by atoms with Gasteiger partial charge in [-0.15, -0.1) is 0 Å². The van der Waals surface area contributed by atoms with Crippen LogP contribution in [0.3, 0.4) is 0 Å². The molecule has 0 bridgehead atoms. The first-order valence-electron chi connectivity index (χ1n) is 6.12. The zero-order valence-corrected chi connectivity index (χ0v) is 10.7. The molecule has 2 aromatic rings. The maximum absolute atomic E-state index is 13.9. The first-order chi connectivity index (χ1) is 8.58. The van der Waals surface area contributed by atoms with Crippen LogP contribution in [0.25, 0.3) is 0 Å². The summed E-state index contributed by atoms with van der Waals surface area (Å²) >= 11 is 0. The maximum Gasteiger partial charge on any atom is 0.129 e. The van der Waals surface area contributed by atoms with Gasteiger partial charge in [0.15, 0.2) is 0 Å². The van der Waals surface area contributed by atoms with Gasteiger partial charge in [-0.3, -0.25) is 0 Å². The Hall–Kier alpha value is -1.67. The molecule has 1 unspecified atom stereocenters. The molecule has 1 atom stereocenters. The van der Waals surface area contributed by atoms with Crippen molar-refractivity contribution in [3.8, 4) is 0 Å². The van der Waals surface area contributed by atoms with Gasteiger partial charge >= 0.3 is 0 Å². The summed E-state index contributed by atoms with van der Waals surface area (Å²) in [6.45, 7) is 3.84. The number of rotatable bonds is 3. The van der Waals surface area contributed by atoms with Crippen LogP contribution in [0.5, 0.6) is 0 Å². The molecule has 0 spiro atoms. The third-order valence-electron chi connectivity index (χ3n) is 3.36. The molecule has 0 aromatic heterocycles. The highest BCUT2D eigenvalue weighted by atomic mass is 19.1. The minimum Gasteiger partial charge on any atom is -0.380 e. The average Bonchev–Trinajstić information content (AvgIpc) is 2.39. The Morgan fingerprint density at radius 1 is 1.06 bits per heavy atom. The van der Waals surface area contributed by atoms with E-state index in [-0.39, 0.29) is 5.82 Å². The first kappa shape index (κ1) is 12.8. The van der Waals surface area contributed by atoms with E-state index in [1.54, 1.807) is 18.2 Å². The smallest absolute Gasteiger partial charge is 0.129 e. The van der Waals surface area contributed by atoms with Crippen LogP contribution < -0.4 is 0 Å². The first-order valence-corrected chi connectivity index (χ1v) is 6.12. The number of halogens is 1. The molecule has 0 fully saturated rings. The highest BCUT2D eigenvalue weighted by Crippen LogP contribution is 2.34. The largest absolute Gasteiger partial charge is 0.380 e. The van der Waals surface area contributed by atoms with Crippen molar-refractivity contribution in [1.29, 1.82) is 0 Å². The summed E-state index contributed by atoms with van der Waals surface area (Å²) in [6, 6.07) is 13.9. The molecular formula is C16H17FO. The quantitative estimate of drug-likeness (QED) is 0.871. The minimum atomic E-state index is -1.26. The fourth-order valence-electron chi connectivity index (χ4n) is 2.18. The fourth-order valence-corrected chi connectivity index (χ4v) is 2.18. The standard InChI is InChI=1S/C16H17FO/c1-3-16(18,13-10-8-12(2)9-11-13)14-6-4-5-7-15(14)17/h4-11,18H,3H2,1-2H3. The number of benzene rings is 2. The van der Waals surface area contributed by atoms with Gasteiger partial charge in [0.1, 0.15) is 11.4 Å². The molecule has 2 rings (SSSR count). The molecule has 0 aliphatic carbocycles. The number of aryl methyl sites for hydroxylation is 1. The third-order valence-corrected chi connectivity index (χ3v) is 3.36. The second-order valence-corrected chi connectivity index (χ2v) is 4.56. The van der Waals surface area contributed by atoms with Crippen molar-refractivity contribution in [3.05, 3.63) is 71.0 Å². The highest BCUT2D eigenvalue weighted by Gasteiger charge is 2.31. The Morgan fingerprint density at radius 3 is 2.22 bits per heavy atom. The zero-order valence-electron chi connectivity index (χ0n) is 10.7. The Morgan fingerprint density at radius 2 is 1.67 bits per heavy atom. The van der Waals surface area contributed by atoms with Crippen LogP contribution in [0.15, 0.2) is 48.5 Å². The number of hydrogen-bond acceptors (Lipinski definition) is 1. The molecule has 0 aliphatic rings. The molecule has 0 radical (unpaired) electrons. The molecule has 0 amide bonds. The van der Waals surface area contributed by atoms with Gasteiger partial charge < -0.3 is 5.11 Å². The van der Waals surface area contributed by atoms with Gasteiger partial charge in [0.2, 0.25) is 0 Å². The molecule has 1 N–H and O–H groups in total. The molecule has 0 aliphatic heterocycles. The van der Waals surface area contributed by atoms with Gasteiger partial charge in [-0.1, -0.05) is 55.0 Å². The summed E-state index contributed by atoms with van der Waals surface area (Å²) in [4.78, 5) is 0. The van der Waals surface area contributed by atoms with Crippen molar-refractivity contribution < 1.29 is 9.50 Å². The maximum atomic E-state index is 13.9. The summed E-state index contributed by atoms with van der Waals surface area (Å²) in [6.07, 6.45) is 0.428. The lowest BCUT2D eigenvalue weighted by Gasteiger charge is -2.28. The number of aliphatic hydroxyl groups is 1. The van der Waals surface area contributed by atoms with Gasteiger partial charge in [0, 0.05) is 5.56 Å². The predicted molar refractivity (Wildman–Crippen MR) is 70.9 cm³/mol. The van der Waals surface area contributed by atoms with Crippen molar-refractivity contribution in [1.82, 2.24) is 0 Å². The molecule has 0 saturated carbocycles. The fraction of sp³-hybridized carbons (Fsp3) is 0.250. The Kier molecular flexibility index (Phi) is 3.48. The van der Waals surface area contributed by atoms with Gasteiger partial charge in [-0.05, 0) is 25.0 Å². The van der Waals surface area contributed by atoms with Crippen LogP contribution >= 0.6 is 0 Å². The second-order valence-electron chi connectivity index (χ2n) is 4.56. The van der Waals surface area contributed by atoms with E-state index in [9.17, 15) is 9.50 Å². The molecule has 1 nitrogen and oxygen atoms in total. The molecule has 2 heteroatoms. The van der Waals surface area contributed by atoms with E-state index >= 15 is 0 Å². The SMILES string of the molecule is CCC(O)(c1ccc(C)cc1)c1ccccc1F. The van der Waals surface area contributed by atoms with Crippen LogP contribution in [-0.2, 0) is 5.60 Å². The Balaban J connectivity index is 2.55. The van der Waals surface area contributed by atoms with Crippen molar-refractivity contribution >= 4 is 0 Å². The van der Waals surface area contributed by atoms with Gasteiger partial charge in [-0.2, -0.15) is 0 Å². The Labute approximate surface area is 107 Å². The average molecular weight is 244 g/mol. The monoisotopic (exact) mass is 244 g/mol. The van der Waals surface area contributed by atoms with E-state index < -0.39 is 5.60 Å². The van der Waals surface area contributed by atoms with E-state index in [1.165, 1.54) is 6.07 Å². The summed E-state index contributed by atoms with van der Waals surface area (Å²) in [5, 5.41) is 10.8. The minimum absolute atomic E-state index is 0.330. The van der Waals surface area contributed by atoms with E-state index in [1.807, 2.05) is 38.1 Å². The summed E-state index contributed by atoms with van der Waals surface area (Å²) in [5.74, 6) is -0.373. The van der Waals surface area contributed by atoms with Crippen LogP contribution in [0.4, 0.5) is 4.39 Å². The molecule has 2 aromatic carbocycles. The molecule has 18 heavy (non-hydrogen) atoms. The summed E-state index contributed by atoms with van der Waals surface area (Å²) in [5.41, 5.74) is 0.904. The van der Waals surface area contributed by atoms with Gasteiger partial charge in [0.05, 0.1) is 0 Å². The van der Waals surface area contributed by atoms with Crippen LogP contribution in [-0.4, -0.2) is 5.11 Å².